The van der Waals surface area contributed by atoms with Crippen molar-refractivity contribution in [3.63, 3.8) is 0 Å². The predicted molar refractivity (Wildman–Crippen MR) is 115 cm³/mol. The Labute approximate surface area is 187 Å². The molecule has 1 aliphatic rings. The van der Waals surface area contributed by atoms with Crippen LogP contribution in [0.1, 0.15) is 26.7 Å². The van der Waals surface area contributed by atoms with Gasteiger partial charge >= 0.3 is 0 Å². The molecule has 2 amide bonds. The van der Waals surface area contributed by atoms with Crippen LogP contribution in [0.4, 0.5) is 4.39 Å². The number of carbonyl (C=O) groups is 2. The molecular formula is C21H20ClFN4O3S. The van der Waals surface area contributed by atoms with Crippen LogP contribution in [0.25, 0.3) is 0 Å². The van der Waals surface area contributed by atoms with Gasteiger partial charge in [0.1, 0.15) is 11.6 Å². The van der Waals surface area contributed by atoms with E-state index in [4.69, 9.17) is 16.0 Å². The van der Waals surface area contributed by atoms with E-state index < -0.39 is 5.82 Å². The number of furan rings is 1. The lowest BCUT2D eigenvalue weighted by Crippen LogP contribution is -2.50. The fourth-order valence-corrected chi connectivity index (χ4v) is 4.37. The van der Waals surface area contributed by atoms with E-state index in [1.807, 2.05) is 17.8 Å². The molecule has 162 valence electrons. The van der Waals surface area contributed by atoms with Gasteiger partial charge in [0, 0.05) is 45.6 Å². The molecule has 1 aromatic carbocycles. The number of benzene rings is 1. The summed E-state index contributed by atoms with van der Waals surface area (Å²) in [6.07, 6.45) is 3.60. The van der Waals surface area contributed by atoms with E-state index in [1.54, 1.807) is 28.1 Å². The van der Waals surface area contributed by atoms with Crippen LogP contribution < -0.4 is 0 Å². The molecular weight excluding hydrogens is 443 g/mol. The van der Waals surface area contributed by atoms with Crippen LogP contribution in [-0.4, -0.2) is 57.3 Å². The molecule has 3 heterocycles. The summed E-state index contributed by atoms with van der Waals surface area (Å²) in [5.74, 6) is 0.559. The Kier molecular flexibility index (Phi) is 6.33. The van der Waals surface area contributed by atoms with E-state index >= 15 is 0 Å². The zero-order valence-electron chi connectivity index (χ0n) is 16.8. The number of imidazole rings is 1. The van der Waals surface area contributed by atoms with Gasteiger partial charge in [0.05, 0.1) is 16.3 Å². The summed E-state index contributed by atoms with van der Waals surface area (Å²) in [7, 11) is 1.92. The fourth-order valence-electron chi connectivity index (χ4n) is 3.30. The van der Waals surface area contributed by atoms with E-state index in [0.29, 0.717) is 37.7 Å². The minimum absolute atomic E-state index is 0.0787. The van der Waals surface area contributed by atoms with Crippen molar-refractivity contribution in [3.8, 4) is 0 Å². The average Bonchev–Trinajstić information content (AvgIpc) is 3.40. The zero-order valence-corrected chi connectivity index (χ0v) is 18.3. The number of aromatic nitrogens is 2. The van der Waals surface area contributed by atoms with Crippen LogP contribution in [0.2, 0.25) is 5.02 Å². The van der Waals surface area contributed by atoms with Gasteiger partial charge in [-0.2, -0.15) is 0 Å². The van der Waals surface area contributed by atoms with Crippen molar-refractivity contribution in [2.75, 3.05) is 26.2 Å². The van der Waals surface area contributed by atoms with Crippen molar-refractivity contribution in [3.05, 3.63) is 70.6 Å². The summed E-state index contributed by atoms with van der Waals surface area (Å²) in [6, 6.07) is 7.17. The molecule has 1 saturated heterocycles. The second kappa shape index (κ2) is 9.15. The number of piperazine rings is 1. The molecule has 0 radical (unpaired) electrons. The van der Waals surface area contributed by atoms with Gasteiger partial charge in [0.2, 0.25) is 0 Å². The number of aryl methyl sites for hydroxylation is 1. The predicted octanol–water partition coefficient (Wildman–Crippen LogP) is 3.70. The van der Waals surface area contributed by atoms with Gasteiger partial charge in [-0.05, 0) is 30.3 Å². The lowest BCUT2D eigenvalue weighted by molar-refractivity contribution is 0.0517. The summed E-state index contributed by atoms with van der Waals surface area (Å²) < 4.78 is 20.9. The monoisotopic (exact) mass is 462 g/mol. The SMILES string of the molecule is Cn1ccnc1SCc1ccc(C(=O)N2CCN(C(=O)c3ccc(F)cc3Cl)CC2)o1. The molecule has 0 bridgehead atoms. The van der Waals surface area contributed by atoms with Crippen molar-refractivity contribution in [2.24, 2.45) is 7.05 Å². The van der Waals surface area contributed by atoms with Crippen LogP contribution in [0.5, 0.6) is 0 Å². The molecule has 0 saturated carbocycles. The Balaban J connectivity index is 1.32. The van der Waals surface area contributed by atoms with Crippen molar-refractivity contribution in [1.82, 2.24) is 19.4 Å². The normalized spacial score (nSPS) is 14.2. The maximum absolute atomic E-state index is 13.2. The molecule has 10 heteroatoms. The second-order valence-electron chi connectivity index (χ2n) is 7.08. The van der Waals surface area contributed by atoms with Gasteiger partial charge in [-0.3, -0.25) is 9.59 Å². The third kappa shape index (κ3) is 4.77. The molecule has 0 aliphatic carbocycles. The Hall–Kier alpha value is -2.78. The fraction of sp³-hybridized carbons (Fsp3) is 0.286. The molecule has 0 spiro atoms. The van der Waals surface area contributed by atoms with Gasteiger partial charge in [0.15, 0.2) is 10.9 Å². The Morgan fingerprint density at radius 1 is 1.13 bits per heavy atom. The molecule has 1 aliphatic heterocycles. The van der Waals surface area contributed by atoms with Crippen LogP contribution in [0.15, 0.2) is 52.3 Å². The minimum Gasteiger partial charge on any atom is -0.455 e. The van der Waals surface area contributed by atoms with Crippen molar-refractivity contribution < 1.29 is 18.4 Å². The van der Waals surface area contributed by atoms with E-state index in [1.165, 1.54) is 23.9 Å². The lowest BCUT2D eigenvalue weighted by atomic mass is 10.1. The molecule has 31 heavy (non-hydrogen) atoms. The third-order valence-electron chi connectivity index (χ3n) is 5.01. The number of halogens is 2. The van der Waals surface area contributed by atoms with Gasteiger partial charge in [-0.25, -0.2) is 9.37 Å². The van der Waals surface area contributed by atoms with E-state index in [-0.39, 0.29) is 28.2 Å². The number of hydrogen-bond donors (Lipinski definition) is 0. The Bertz CT molecular complexity index is 1110. The highest BCUT2D eigenvalue weighted by Gasteiger charge is 2.28. The van der Waals surface area contributed by atoms with Crippen molar-refractivity contribution in [1.29, 1.82) is 0 Å². The third-order valence-corrected chi connectivity index (χ3v) is 6.40. The van der Waals surface area contributed by atoms with Crippen molar-refractivity contribution in [2.45, 2.75) is 10.9 Å². The number of nitrogens with zero attached hydrogens (tertiary/aromatic N) is 4. The minimum atomic E-state index is -0.492. The number of hydrogen-bond acceptors (Lipinski definition) is 5. The van der Waals surface area contributed by atoms with Gasteiger partial charge in [-0.1, -0.05) is 23.4 Å². The summed E-state index contributed by atoms with van der Waals surface area (Å²) in [5, 5.41) is 0.946. The highest BCUT2D eigenvalue weighted by molar-refractivity contribution is 7.98. The van der Waals surface area contributed by atoms with Crippen LogP contribution in [-0.2, 0) is 12.8 Å². The molecule has 1 fully saturated rings. The molecule has 7 nitrogen and oxygen atoms in total. The van der Waals surface area contributed by atoms with E-state index in [0.717, 1.165) is 11.2 Å². The van der Waals surface area contributed by atoms with Crippen LogP contribution >= 0.6 is 23.4 Å². The summed E-state index contributed by atoms with van der Waals surface area (Å²) in [5.41, 5.74) is 0.253. The van der Waals surface area contributed by atoms with Crippen LogP contribution in [0.3, 0.4) is 0 Å². The summed E-state index contributed by atoms with van der Waals surface area (Å²) >= 11 is 7.53. The quantitative estimate of drug-likeness (QED) is 0.541. The number of rotatable bonds is 5. The van der Waals surface area contributed by atoms with E-state index in [2.05, 4.69) is 4.98 Å². The lowest BCUT2D eigenvalue weighted by Gasteiger charge is -2.34. The number of carbonyl (C=O) groups excluding carboxylic acids is 2. The maximum atomic E-state index is 13.2. The Morgan fingerprint density at radius 3 is 2.48 bits per heavy atom. The number of amides is 2. The first kappa shape index (κ1) is 21.5. The highest BCUT2D eigenvalue weighted by atomic mass is 35.5. The first-order valence-corrected chi connectivity index (χ1v) is 11.0. The molecule has 0 atom stereocenters. The molecule has 0 N–H and O–H groups in total. The zero-order chi connectivity index (χ0) is 22.0. The molecule has 3 aromatic rings. The van der Waals surface area contributed by atoms with Gasteiger partial charge < -0.3 is 18.8 Å². The smallest absolute Gasteiger partial charge is 0.289 e. The first-order chi connectivity index (χ1) is 14.9. The number of thioether (sulfide) groups is 1. The summed E-state index contributed by atoms with van der Waals surface area (Å²) in [6.45, 7) is 1.48. The first-order valence-electron chi connectivity index (χ1n) is 9.65. The van der Waals surface area contributed by atoms with Crippen LogP contribution in [0, 0.1) is 5.82 Å². The van der Waals surface area contributed by atoms with E-state index in [9.17, 15) is 14.0 Å². The van der Waals surface area contributed by atoms with Gasteiger partial charge in [-0.15, -0.1) is 0 Å². The standard InChI is InChI=1S/C21H20ClFN4O3S/c1-25-7-6-24-21(25)31-13-15-3-5-18(30-15)20(29)27-10-8-26(9-11-27)19(28)16-4-2-14(23)12-17(16)22/h2-7,12H,8-11,13H2,1H3. The van der Waals surface area contributed by atoms with Crippen molar-refractivity contribution >= 4 is 35.2 Å². The molecule has 2 aromatic heterocycles. The Morgan fingerprint density at radius 2 is 1.84 bits per heavy atom. The largest absolute Gasteiger partial charge is 0.455 e. The molecule has 4 rings (SSSR count). The second-order valence-corrected chi connectivity index (χ2v) is 8.43. The average molecular weight is 463 g/mol. The molecule has 0 unspecified atom stereocenters. The topological polar surface area (TPSA) is 71.6 Å². The highest BCUT2D eigenvalue weighted by Crippen LogP contribution is 2.23. The maximum Gasteiger partial charge on any atom is 0.289 e. The summed E-state index contributed by atoms with van der Waals surface area (Å²) in [4.78, 5) is 33.0. The van der Waals surface area contributed by atoms with Gasteiger partial charge in [0.25, 0.3) is 11.8 Å².